The highest BCUT2D eigenvalue weighted by Crippen LogP contribution is 2.17. The molecule has 2 atom stereocenters. The fourth-order valence-electron chi connectivity index (χ4n) is 2.78. The van der Waals surface area contributed by atoms with Crippen LogP contribution < -0.4 is 11.5 Å². The summed E-state index contributed by atoms with van der Waals surface area (Å²) < 4.78 is 15.8. The van der Waals surface area contributed by atoms with Crippen molar-refractivity contribution in [2.45, 2.75) is 77.9 Å². The number of carbonyl (C=O) groups is 4. The maximum absolute atomic E-state index is 13.1. The molecular formula is C23H35N3O7. The first-order valence-electron chi connectivity index (χ1n) is 10.7. The molecule has 0 saturated heterocycles. The Morgan fingerprint density at radius 3 is 2.18 bits per heavy atom. The summed E-state index contributed by atoms with van der Waals surface area (Å²) in [6.07, 6.45) is -1.92. The molecule has 0 aliphatic heterocycles. The van der Waals surface area contributed by atoms with Crippen LogP contribution >= 0.6 is 0 Å². The number of rotatable bonds is 11. The highest BCUT2D eigenvalue weighted by atomic mass is 16.6. The zero-order valence-corrected chi connectivity index (χ0v) is 19.9. The number of nitrogens with zero attached hydrogens (tertiary/aromatic N) is 1. The molecule has 10 nitrogen and oxygen atoms in total. The van der Waals surface area contributed by atoms with E-state index >= 15 is 0 Å². The lowest BCUT2D eigenvalue weighted by atomic mass is 10.1. The number of amides is 3. The number of carbonyl (C=O) groups excluding carboxylic acids is 4. The van der Waals surface area contributed by atoms with Crippen molar-refractivity contribution in [3.63, 3.8) is 0 Å². The van der Waals surface area contributed by atoms with Gasteiger partial charge < -0.3 is 25.7 Å². The number of esters is 1. The largest absolute Gasteiger partial charge is 0.463 e. The summed E-state index contributed by atoms with van der Waals surface area (Å²) >= 11 is 0. The van der Waals surface area contributed by atoms with Crippen molar-refractivity contribution in [1.29, 1.82) is 0 Å². The maximum Gasteiger partial charge on any atom is 0.417 e. The third kappa shape index (κ3) is 10.5. The van der Waals surface area contributed by atoms with Crippen molar-refractivity contribution in [3.05, 3.63) is 35.9 Å². The second-order valence-corrected chi connectivity index (χ2v) is 8.79. The summed E-state index contributed by atoms with van der Waals surface area (Å²) in [6.45, 7) is 8.16. The van der Waals surface area contributed by atoms with E-state index in [1.165, 1.54) is 0 Å². The van der Waals surface area contributed by atoms with Gasteiger partial charge in [-0.3, -0.25) is 14.4 Å². The van der Waals surface area contributed by atoms with Gasteiger partial charge in [-0.1, -0.05) is 30.3 Å². The average Bonchev–Trinajstić information content (AvgIpc) is 2.69. The Hall–Kier alpha value is -2.98. The van der Waals surface area contributed by atoms with E-state index in [1.54, 1.807) is 34.6 Å². The van der Waals surface area contributed by atoms with Crippen LogP contribution in [-0.2, 0) is 35.2 Å². The van der Waals surface area contributed by atoms with Crippen LogP contribution in [0.4, 0.5) is 4.79 Å². The smallest absolute Gasteiger partial charge is 0.417 e. The van der Waals surface area contributed by atoms with Crippen LogP contribution in [0.15, 0.2) is 30.3 Å². The number of ether oxygens (including phenoxy) is 3. The van der Waals surface area contributed by atoms with Gasteiger partial charge in [0.1, 0.15) is 17.7 Å². The van der Waals surface area contributed by atoms with Gasteiger partial charge in [0.25, 0.3) is 5.91 Å². The zero-order chi connectivity index (χ0) is 25.2. The third-order valence-corrected chi connectivity index (χ3v) is 4.18. The molecule has 0 aliphatic carbocycles. The van der Waals surface area contributed by atoms with E-state index in [2.05, 4.69) is 0 Å². The number of imide groups is 1. The molecule has 0 bridgehead atoms. The molecule has 0 heterocycles. The number of hydrogen-bond donors (Lipinski definition) is 2. The van der Waals surface area contributed by atoms with E-state index < -0.39 is 41.6 Å². The first-order chi connectivity index (χ1) is 15.3. The molecule has 0 aliphatic rings. The molecule has 184 valence electrons. The van der Waals surface area contributed by atoms with Crippen LogP contribution in [0.25, 0.3) is 0 Å². The van der Waals surface area contributed by atoms with Crippen LogP contribution in [0.2, 0.25) is 0 Å². The molecule has 0 spiro atoms. The van der Waals surface area contributed by atoms with Gasteiger partial charge in [-0.2, -0.15) is 0 Å². The van der Waals surface area contributed by atoms with E-state index in [0.717, 1.165) is 5.56 Å². The summed E-state index contributed by atoms with van der Waals surface area (Å²) in [5, 5.41) is 0. The van der Waals surface area contributed by atoms with Gasteiger partial charge in [0.2, 0.25) is 5.91 Å². The second-order valence-electron chi connectivity index (χ2n) is 8.79. The molecule has 1 aromatic rings. The van der Waals surface area contributed by atoms with Gasteiger partial charge in [-0.15, -0.1) is 0 Å². The molecule has 10 heteroatoms. The topological polar surface area (TPSA) is 151 Å². The molecule has 1 aromatic carbocycles. The van der Waals surface area contributed by atoms with Crippen molar-refractivity contribution < 1.29 is 33.4 Å². The van der Waals surface area contributed by atoms with E-state index in [1.807, 2.05) is 30.3 Å². The highest BCUT2D eigenvalue weighted by Gasteiger charge is 2.39. The van der Waals surface area contributed by atoms with Gasteiger partial charge in [0, 0.05) is 6.42 Å². The molecule has 0 saturated carbocycles. The van der Waals surface area contributed by atoms with Crippen molar-refractivity contribution >= 4 is 23.9 Å². The van der Waals surface area contributed by atoms with E-state index in [9.17, 15) is 19.2 Å². The zero-order valence-electron chi connectivity index (χ0n) is 19.9. The normalized spacial score (nSPS) is 13.2. The molecule has 0 radical (unpaired) electrons. The van der Waals surface area contributed by atoms with Gasteiger partial charge in [0.15, 0.2) is 0 Å². The van der Waals surface area contributed by atoms with Crippen LogP contribution in [0.1, 0.15) is 53.0 Å². The highest BCUT2D eigenvalue weighted by molar-refractivity contribution is 6.00. The van der Waals surface area contributed by atoms with E-state index in [-0.39, 0.29) is 32.2 Å². The van der Waals surface area contributed by atoms with Crippen LogP contribution in [0, 0.1) is 0 Å². The van der Waals surface area contributed by atoms with Crippen LogP contribution in [-0.4, -0.2) is 59.2 Å². The third-order valence-electron chi connectivity index (χ3n) is 4.18. The fourth-order valence-corrected chi connectivity index (χ4v) is 2.78. The number of nitrogens with two attached hydrogens (primary N) is 2. The lowest BCUT2D eigenvalue weighted by molar-refractivity contribution is -0.149. The van der Waals surface area contributed by atoms with Crippen molar-refractivity contribution in [2.24, 2.45) is 11.5 Å². The predicted octanol–water partition coefficient (Wildman–Crippen LogP) is 1.88. The van der Waals surface area contributed by atoms with E-state index in [0.29, 0.717) is 4.90 Å². The van der Waals surface area contributed by atoms with Crippen LogP contribution in [0.5, 0.6) is 0 Å². The Labute approximate surface area is 194 Å². The Morgan fingerprint density at radius 1 is 1.06 bits per heavy atom. The standard InChI is InChI=1S/C23H35N3O7/c1-15(2)32-19(27)12-11-18(20(25)28)26(22(30)33-23(3,4)5)21(29)17(24)14-31-13-16-9-7-6-8-10-16/h6-10,15,17-18H,11-14,24H2,1-5H3,(H2,25,28)/t17-,18+/m0/s1. The minimum atomic E-state index is -1.45. The van der Waals surface area contributed by atoms with Crippen molar-refractivity contribution in [3.8, 4) is 0 Å². The molecule has 4 N–H and O–H groups in total. The Kier molecular flexibility index (Phi) is 11.0. The summed E-state index contributed by atoms with van der Waals surface area (Å²) in [4.78, 5) is 50.6. The van der Waals surface area contributed by atoms with Crippen molar-refractivity contribution in [1.82, 2.24) is 4.90 Å². The minimum Gasteiger partial charge on any atom is -0.463 e. The molecule has 0 aromatic heterocycles. The average molecular weight is 466 g/mol. The Morgan fingerprint density at radius 2 is 1.67 bits per heavy atom. The molecule has 33 heavy (non-hydrogen) atoms. The number of benzene rings is 1. The lowest BCUT2D eigenvalue weighted by Gasteiger charge is -2.32. The summed E-state index contributed by atoms with van der Waals surface area (Å²) in [7, 11) is 0. The van der Waals surface area contributed by atoms with Crippen molar-refractivity contribution in [2.75, 3.05) is 6.61 Å². The molecule has 3 amide bonds. The quantitative estimate of drug-likeness (QED) is 0.470. The molecule has 0 fully saturated rings. The predicted molar refractivity (Wildman–Crippen MR) is 121 cm³/mol. The molecule has 0 unspecified atom stereocenters. The monoisotopic (exact) mass is 465 g/mol. The molecule has 1 rings (SSSR count). The summed E-state index contributed by atoms with van der Waals surface area (Å²) in [5.41, 5.74) is 11.4. The van der Waals surface area contributed by atoms with E-state index in [4.69, 9.17) is 25.7 Å². The van der Waals surface area contributed by atoms with Crippen LogP contribution in [0.3, 0.4) is 0 Å². The van der Waals surface area contributed by atoms with Gasteiger partial charge in [-0.25, -0.2) is 9.69 Å². The lowest BCUT2D eigenvalue weighted by Crippen LogP contribution is -2.57. The maximum atomic E-state index is 13.1. The fraction of sp³-hybridized carbons (Fsp3) is 0.565. The first kappa shape index (κ1) is 28.1. The minimum absolute atomic E-state index is 0.203. The van der Waals surface area contributed by atoms with Gasteiger partial charge in [-0.05, 0) is 46.6 Å². The Bertz CT molecular complexity index is 806. The number of primary amides is 1. The molecular weight excluding hydrogens is 430 g/mol. The van der Waals surface area contributed by atoms with Gasteiger partial charge >= 0.3 is 12.1 Å². The summed E-state index contributed by atoms with van der Waals surface area (Å²) in [5.74, 6) is -2.48. The Balaban J connectivity index is 2.99. The number of hydrogen-bond acceptors (Lipinski definition) is 8. The first-order valence-corrected chi connectivity index (χ1v) is 10.7. The second kappa shape index (κ2) is 12.9. The van der Waals surface area contributed by atoms with Gasteiger partial charge in [0.05, 0.1) is 19.3 Å². The summed E-state index contributed by atoms with van der Waals surface area (Å²) in [6, 6.07) is 6.52. The SMILES string of the molecule is CC(C)OC(=O)CC[C@H](C(N)=O)N(C(=O)OC(C)(C)C)C(=O)[C@@H](N)COCc1ccccc1.